The van der Waals surface area contributed by atoms with Gasteiger partial charge in [0.1, 0.15) is 5.82 Å². The lowest BCUT2D eigenvalue weighted by Crippen LogP contribution is -2.37. The van der Waals surface area contributed by atoms with E-state index in [1.807, 2.05) is 12.1 Å². The number of pyridine rings is 1. The van der Waals surface area contributed by atoms with Crippen molar-refractivity contribution in [3.8, 4) is 0 Å². The second-order valence-corrected chi connectivity index (χ2v) is 3.80. The van der Waals surface area contributed by atoms with Crippen LogP contribution in [-0.4, -0.2) is 29.3 Å². The minimum absolute atomic E-state index is 0.130. The molecule has 0 bridgehead atoms. The molecule has 4 nitrogen and oxygen atoms in total. The van der Waals surface area contributed by atoms with Gasteiger partial charge >= 0.3 is 0 Å². The normalized spacial score (nSPS) is 10.8. The molecule has 0 aromatic carbocycles. The van der Waals surface area contributed by atoms with E-state index < -0.39 is 0 Å². The number of nitrogens with two attached hydrogens (primary N) is 1. The number of nitrogen functional groups attached to an aromatic ring is 1. The summed E-state index contributed by atoms with van der Waals surface area (Å²) >= 11 is 0. The van der Waals surface area contributed by atoms with Gasteiger partial charge in [0.2, 0.25) is 0 Å². The zero-order valence-corrected chi connectivity index (χ0v) is 10.1. The molecule has 0 aliphatic carbocycles. The molecule has 0 saturated heterocycles. The lowest BCUT2D eigenvalue weighted by Gasteiger charge is -2.32. The molecule has 0 fully saturated rings. The highest BCUT2D eigenvalue weighted by atomic mass is 16.3. The summed E-state index contributed by atoms with van der Waals surface area (Å²) in [6.07, 6.45) is 3.75. The molecular formula is C12H21N3O. The summed E-state index contributed by atoms with van der Waals surface area (Å²) in [5, 5.41) is 9.13. The summed E-state index contributed by atoms with van der Waals surface area (Å²) in [5.74, 6) is 0.530. The van der Waals surface area contributed by atoms with E-state index in [2.05, 4.69) is 23.7 Å². The van der Waals surface area contributed by atoms with E-state index in [0.29, 0.717) is 18.4 Å². The van der Waals surface area contributed by atoms with Crippen molar-refractivity contribution in [2.75, 3.05) is 23.8 Å². The van der Waals surface area contributed by atoms with Crippen LogP contribution in [0.4, 0.5) is 11.5 Å². The fraction of sp³-hybridized carbons (Fsp3) is 0.583. The first-order valence-electron chi connectivity index (χ1n) is 5.82. The Morgan fingerprint density at radius 2 is 2.12 bits per heavy atom. The molecule has 1 rings (SSSR count). The van der Waals surface area contributed by atoms with Crippen LogP contribution in [0.15, 0.2) is 18.3 Å². The van der Waals surface area contributed by atoms with Gasteiger partial charge in [-0.3, -0.25) is 0 Å². The zero-order chi connectivity index (χ0) is 12.0. The lowest BCUT2D eigenvalue weighted by molar-refractivity contribution is 0.296. The van der Waals surface area contributed by atoms with Gasteiger partial charge in [0.15, 0.2) is 0 Å². The first kappa shape index (κ1) is 12.8. The van der Waals surface area contributed by atoms with Crippen molar-refractivity contribution in [1.29, 1.82) is 0 Å². The van der Waals surface area contributed by atoms with Crippen LogP contribution in [0.5, 0.6) is 0 Å². The van der Waals surface area contributed by atoms with Crippen molar-refractivity contribution in [3.05, 3.63) is 18.3 Å². The monoisotopic (exact) mass is 223 g/mol. The third-order valence-corrected chi connectivity index (χ3v) is 2.85. The van der Waals surface area contributed by atoms with Crippen molar-refractivity contribution in [2.24, 2.45) is 0 Å². The highest BCUT2D eigenvalue weighted by Gasteiger charge is 2.17. The minimum atomic E-state index is 0.130. The summed E-state index contributed by atoms with van der Waals surface area (Å²) in [6.45, 7) is 5.02. The number of nitrogens with zero attached hydrogens (tertiary/aromatic N) is 2. The van der Waals surface area contributed by atoms with Gasteiger partial charge in [-0.15, -0.1) is 0 Å². The molecule has 0 aliphatic heterocycles. The number of anilines is 2. The number of aromatic nitrogens is 1. The quantitative estimate of drug-likeness (QED) is 0.769. The summed E-state index contributed by atoms with van der Waals surface area (Å²) in [7, 11) is 0. The Hall–Kier alpha value is -1.29. The van der Waals surface area contributed by atoms with Gasteiger partial charge in [-0.1, -0.05) is 13.8 Å². The van der Waals surface area contributed by atoms with Gasteiger partial charge in [-0.25, -0.2) is 4.98 Å². The molecule has 3 N–H and O–H groups in total. The molecule has 0 spiro atoms. The van der Waals surface area contributed by atoms with Crippen LogP contribution < -0.4 is 10.6 Å². The maximum Gasteiger partial charge on any atom is 0.146 e. The van der Waals surface area contributed by atoms with Gasteiger partial charge in [0, 0.05) is 18.8 Å². The van der Waals surface area contributed by atoms with Crippen LogP contribution in [0.1, 0.15) is 26.7 Å². The van der Waals surface area contributed by atoms with E-state index in [4.69, 9.17) is 10.8 Å². The first-order chi connectivity index (χ1) is 7.74. The Kier molecular flexibility index (Phi) is 5.05. The molecule has 1 aromatic heterocycles. The molecule has 90 valence electrons. The van der Waals surface area contributed by atoms with Gasteiger partial charge in [-0.2, -0.15) is 0 Å². The molecule has 0 saturated carbocycles. The predicted molar refractivity (Wildman–Crippen MR) is 67.5 cm³/mol. The molecule has 1 heterocycles. The Morgan fingerprint density at radius 3 is 2.62 bits per heavy atom. The van der Waals surface area contributed by atoms with E-state index in [1.54, 1.807) is 6.20 Å². The molecule has 0 amide bonds. The summed E-state index contributed by atoms with van der Waals surface area (Å²) < 4.78 is 0. The molecule has 16 heavy (non-hydrogen) atoms. The van der Waals surface area contributed by atoms with Crippen molar-refractivity contribution >= 4 is 11.5 Å². The van der Waals surface area contributed by atoms with Gasteiger partial charge in [-0.05, 0) is 25.0 Å². The van der Waals surface area contributed by atoms with Crippen LogP contribution in [0, 0.1) is 0 Å². The Labute approximate surface area is 97.1 Å². The fourth-order valence-electron chi connectivity index (χ4n) is 1.99. The van der Waals surface area contributed by atoms with Crippen LogP contribution in [-0.2, 0) is 0 Å². The molecule has 1 aromatic rings. The number of aliphatic hydroxyl groups is 1. The summed E-state index contributed by atoms with van der Waals surface area (Å²) in [6, 6.07) is 4.23. The maximum atomic E-state index is 9.13. The first-order valence-corrected chi connectivity index (χ1v) is 5.82. The van der Waals surface area contributed by atoms with Crippen LogP contribution in [0.3, 0.4) is 0 Å². The topological polar surface area (TPSA) is 62.4 Å². The van der Waals surface area contributed by atoms with Gasteiger partial charge in [0.25, 0.3) is 0 Å². The highest BCUT2D eigenvalue weighted by molar-refractivity contribution is 5.63. The van der Waals surface area contributed by atoms with Gasteiger partial charge < -0.3 is 15.7 Å². The third kappa shape index (κ3) is 2.85. The van der Waals surface area contributed by atoms with Crippen LogP contribution in [0.2, 0.25) is 0 Å². The maximum absolute atomic E-state index is 9.13. The van der Waals surface area contributed by atoms with E-state index in [-0.39, 0.29) is 6.61 Å². The van der Waals surface area contributed by atoms with E-state index >= 15 is 0 Å². The highest BCUT2D eigenvalue weighted by Crippen LogP contribution is 2.24. The Balaban J connectivity index is 2.97. The average Bonchev–Trinajstić information content (AvgIpc) is 2.30. The van der Waals surface area contributed by atoms with Crippen molar-refractivity contribution < 1.29 is 5.11 Å². The van der Waals surface area contributed by atoms with Crippen molar-refractivity contribution in [1.82, 2.24) is 4.98 Å². The Bertz CT molecular complexity index is 313. The number of hydrogen-bond donors (Lipinski definition) is 2. The largest absolute Gasteiger partial charge is 0.395 e. The fourth-order valence-corrected chi connectivity index (χ4v) is 1.99. The lowest BCUT2D eigenvalue weighted by atomic mass is 10.1. The molecule has 4 heteroatoms. The molecule has 0 atom stereocenters. The number of hydrogen-bond acceptors (Lipinski definition) is 4. The molecule has 0 aliphatic rings. The predicted octanol–water partition coefficient (Wildman–Crippen LogP) is 1.65. The van der Waals surface area contributed by atoms with Crippen molar-refractivity contribution in [3.63, 3.8) is 0 Å². The van der Waals surface area contributed by atoms with Crippen molar-refractivity contribution in [2.45, 2.75) is 32.7 Å². The standard InChI is InChI=1S/C12H21N3O/c1-3-10(4-2)15(8-9-16)11-6-5-7-14-12(11)13/h5-7,10,16H,3-4,8-9H2,1-2H3,(H2,13,14). The molecular weight excluding hydrogens is 202 g/mol. The second-order valence-electron chi connectivity index (χ2n) is 3.80. The van der Waals surface area contributed by atoms with Crippen LogP contribution in [0.25, 0.3) is 0 Å². The third-order valence-electron chi connectivity index (χ3n) is 2.85. The van der Waals surface area contributed by atoms with E-state index in [1.165, 1.54) is 0 Å². The second kappa shape index (κ2) is 6.33. The number of rotatable bonds is 6. The average molecular weight is 223 g/mol. The minimum Gasteiger partial charge on any atom is -0.395 e. The smallest absolute Gasteiger partial charge is 0.146 e. The SMILES string of the molecule is CCC(CC)N(CCO)c1cccnc1N. The van der Waals surface area contributed by atoms with E-state index in [9.17, 15) is 0 Å². The molecule has 0 radical (unpaired) electrons. The number of aliphatic hydroxyl groups excluding tert-OH is 1. The summed E-state index contributed by atoms with van der Waals surface area (Å²) in [5.41, 5.74) is 6.79. The molecule has 0 unspecified atom stereocenters. The van der Waals surface area contributed by atoms with Gasteiger partial charge in [0.05, 0.1) is 12.3 Å². The Morgan fingerprint density at radius 1 is 1.44 bits per heavy atom. The van der Waals surface area contributed by atoms with Crippen LogP contribution >= 0.6 is 0 Å². The summed E-state index contributed by atoms with van der Waals surface area (Å²) in [4.78, 5) is 6.23. The zero-order valence-electron chi connectivity index (χ0n) is 10.1. The van der Waals surface area contributed by atoms with E-state index in [0.717, 1.165) is 18.5 Å².